The molecule has 0 saturated carbocycles. The van der Waals surface area contributed by atoms with Crippen molar-refractivity contribution < 1.29 is 14.3 Å². The van der Waals surface area contributed by atoms with Gasteiger partial charge >= 0.3 is 0 Å². The van der Waals surface area contributed by atoms with Crippen LogP contribution in [0.25, 0.3) is 11.1 Å². The number of rotatable bonds is 6. The first kappa shape index (κ1) is 16.7. The van der Waals surface area contributed by atoms with Crippen LogP contribution in [0.5, 0.6) is 0 Å². The van der Waals surface area contributed by atoms with Gasteiger partial charge in [0, 0.05) is 12.2 Å². The molecule has 0 aliphatic carbocycles. The highest BCUT2D eigenvalue weighted by atomic mass is 16.5. The second kappa shape index (κ2) is 8.70. The predicted molar refractivity (Wildman–Crippen MR) is 88.6 cm³/mol. The van der Waals surface area contributed by atoms with Crippen molar-refractivity contribution in [3.63, 3.8) is 0 Å². The van der Waals surface area contributed by atoms with Crippen LogP contribution in [0.3, 0.4) is 0 Å². The van der Waals surface area contributed by atoms with Crippen LogP contribution in [0.15, 0.2) is 54.6 Å². The number of carbonyl (C=O) groups excluding carboxylic acids is 2. The molecule has 23 heavy (non-hydrogen) atoms. The van der Waals surface area contributed by atoms with Gasteiger partial charge in [0.1, 0.15) is 0 Å². The van der Waals surface area contributed by atoms with Crippen LogP contribution in [0.4, 0.5) is 0 Å². The summed E-state index contributed by atoms with van der Waals surface area (Å²) in [7, 11) is 0. The molecule has 0 bridgehead atoms. The lowest BCUT2D eigenvalue weighted by molar-refractivity contribution is -0.122. The molecule has 2 N–H and O–H groups in total. The Morgan fingerprint density at radius 3 is 2.22 bits per heavy atom. The SMILES string of the molecule is CCOCCC(=O)NNC(=O)c1ccc(-c2ccccc2)cc1. The molecule has 0 fully saturated rings. The third kappa shape index (κ3) is 5.23. The molecule has 0 spiro atoms. The molecule has 0 aromatic heterocycles. The monoisotopic (exact) mass is 312 g/mol. The molecule has 2 aromatic rings. The van der Waals surface area contributed by atoms with Crippen molar-refractivity contribution >= 4 is 11.8 Å². The zero-order valence-electron chi connectivity index (χ0n) is 13.0. The van der Waals surface area contributed by atoms with E-state index in [0.29, 0.717) is 18.8 Å². The van der Waals surface area contributed by atoms with Crippen LogP contribution in [0.1, 0.15) is 23.7 Å². The Balaban J connectivity index is 1.87. The van der Waals surface area contributed by atoms with E-state index in [2.05, 4.69) is 10.9 Å². The minimum atomic E-state index is -0.352. The van der Waals surface area contributed by atoms with Gasteiger partial charge in [0.15, 0.2) is 0 Å². The molecular formula is C18H20N2O3. The molecule has 0 atom stereocenters. The van der Waals surface area contributed by atoms with E-state index in [1.54, 1.807) is 12.1 Å². The maximum Gasteiger partial charge on any atom is 0.269 e. The van der Waals surface area contributed by atoms with Crippen LogP contribution in [0.2, 0.25) is 0 Å². The average Bonchev–Trinajstić information content (AvgIpc) is 2.61. The summed E-state index contributed by atoms with van der Waals surface area (Å²) < 4.78 is 5.08. The molecule has 0 aliphatic rings. The van der Waals surface area contributed by atoms with Gasteiger partial charge in [0.2, 0.25) is 5.91 Å². The molecule has 0 heterocycles. The van der Waals surface area contributed by atoms with Gasteiger partial charge in [-0.2, -0.15) is 0 Å². The van der Waals surface area contributed by atoms with Crippen LogP contribution in [-0.4, -0.2) is 25.0 Å². The summed E-state index contributed by atoms with van der Waals surface area (Å²) >= 11 is 0. The molecule has 2 aromatic carbocycles. The van der Waals surface area contributed by atoms with Gasteiger partial charge in [0.25, 0.3) is 5.91 Å². The fourth-order valence-electron chi connectivity index (χ4n) is 2.02. The Kier molecular flexibility index (Phi) is 6.32. The molecule has 0 saturated heterocycles. The fourth-order valence-corrected chi connectivity index (χ4v) is 2.02. The first-order chi connectivity index (χ1) is 11.2. The van der Waals surface area contributed by atoms with Crippen LogP contribution < -0.4 is 10.9 Å². The lowest BCUT2D eigenvalue weighted by Crippen LogP contribution is -2.41. The summed E-state index contributed by atoms with van der Waals surface area (Å²) in [5, 5.41) is 0. The summed E-state index contributed by atoms with van der Waals surface area (Å²) in [6.07, 6.45) is 0.209. The number of hydrogen-bond acceptors (Lipinski definition) is 3. The third-order valence-corrected chi connectivity index (χ3v) is 3.25. The molecule has 5 nitrogen and oxygen atoms in total. The maximum absolute atomic E-state index is 12.0. The van der Waals surface area contributed by atoms with Crippen molar-refractivity contribution in [3.05, 3.63) is 60.2 Å². The topological polar surface area (TPSA) is 67.4 Å². The fraction of sp³-hybridized carbons (Fsp3) is 0.222. The number of hydrogen-bond donors (Lipinski definition) is 2. The van der Waals surface area contributed by atoms with Gasteiger partial charge in [-0.1, -0.05) is 42.5 Å². The second-order valence-electron chi connectivity index (χ2n) is 4.89. The minimum absolute atomic E-state index is 0.209. The summed E-state index contributed by atoms with van der Waals surface area (Å²) in [6.45, 7) is 2.76. The molecule has 2 amide bonds. The van der Waals surface area contributed by atoms with Gasteiger partial charge < -0.3 is 4.74 Å². The number of hydrazine groups is 1. The highest BCUT2D eigenvalue weighted by Crippen LogP contribution is 2.19. The van der Waals surface area contributed by atoms with E-state index < -0.39 is 0 Å². The van der Waals surface area contributed by atoms with Gasteiger partial charge in [-0.15, -0.1) is 0 Å². The van der Waals surface area contributed by atoms with Gasteiger partial charge in [-0.25, -0.2) is 0 Å². The van der Waals surface area contributed by atoms with Crippen LogP contribution in [-0.2, 0) is 9.53 Å². The van der Waals surface area contributed by atoms with Crippen molar-refractivity contribution in [1.29, 1.82) is 0 Å². The van der Waals surface area contributed by atoms with Crippen molar-refractivity contribution in [3.8, 4) is 11.1 Å². The Morgan fingerprint density at radius 1 is 0.913 bits per heavy atom. The van der Waals surface area contributed by atoms with Crippen molar-refractivity contribution in [2.75, 3.05) is 13.2 Å². The highest BCUT2D eigenvalue weighted by Gasteiger charge is 2.07. The second-order valence-corrected chi connectivity index (χ2v) is 4.89. The Labute approximate surface area is 135 Å². The smallest absolute Gasteiger partial charge is 0.269 e. The Hall–Kier alpha value is -2.66. The van der Waals surface area contributed by atoms with Crippen molar-refractivity contribution in [1.82, 2.24) is 10.9 Å². The predicted octanol–water partition coefficient (Wildman–Crippen LogP) is 2.54. The van der Waals surface area contributed by atoms with Crippen LogP contribution in [0, 0.1) is 0 Å². The lowest BCUT2D eigenvalue weighted by Gasteiger charge is -2.08. The van der Waals surface area contributed by atoms with Crippen LogP contribution >= 0.6 is 0 Å². The molecular weight excluding hydrogens is 292 g/mol. The summed E-state index contributed by atoms with van der Waals surface area (Å²) in [6, 6.07) is 17.1. The Morgan fingerprint density at radius 2 is 1.57 bits per heavy atom. The average molecular weight is 312 g/mol. The molecule has 2 rings (SSSR count). The maximum atomic E-state index is 12.0. The van der Waals surface area contributed by atoms with Gasteiger partial charge in [0.05, 0.1) is 13.0 Å². The zero-order valence-corrected chi connectivity index (χ0v) is 13.0. The Bertz CT molecular complexity index is 639. The highest BCUT2D eigenvalue weighted by molar-refractivity contribution is 5.95. The molecule has 0 aliphatic heterocycles. The molecule has 120 valence electrons. The number of nitrogens with one attached hydrogen (secondary N) is 2. The number of carbonyl (C=O) groups is 2. The van der Waals surface area contributed by atoms with E-state index >= 15 is 0 Å². The minimum Gasteiger partial charge on any atom is -0.381 e. The van der Waals surface area contributed by atoms with Crippen molar-refractivity contribution in [2.45, 2.75) is 13.3 Å². The van der Waals surface area contributed by atoms with Gasteiger partial charge in [-0.05, 0) is 30.2 Å². The normalized spacial score (nSPS) is 10.1. The lowest BCUT2D eigenvalue weighted by atomic mass is 10.0. The van der Waals surface area contributed by atoms with Crippen molar-refractivity contribution in [2.24, 2.45) is 0 Å². The number of benzene rings is 2. The van der Waals surface area contributed by atoms with E-state index in [1.807, 2.05) is 49.4 Å². The van der Waals surface area contributed by atoms with E-state index in [1.165, 1.54) is 0 Å². The number of ether oxygens (including phenoxy) is 1. The molecule has 0 unspecified atom stereocenters. The standard InChI is InChI=1S/C18H20N2O3/c1-2-23-13-12-17(21)19-20-18(22)16-10-8-15(9-11-16)14-6-4-3-5-7-14/h3-11H,2,12-13H2,1H3,(H,19,21)(H,20,22). The quantitative estimate of drug-likeness (QED) is 0.636. The van der Waals surface area contributed by atoms with E-state index in [9.17, 15) is 9.59 Å². The first-order valence-electron chi connectivity index (χ1n) is 7.53. The molecule has 5 heteroatoms. The third-order valence-electron chi connectivity index (χ3n) is 3.25. The van der Waals surface area contributed by atoms with E-state index in [0.717, 1.165) is 11.1 Å². The first-order valence-corrected chi connectivity index (χ1v) is 7.53. The molecule has 0 radical (unpaired) electrons. The van der Waals surface area contributed by atoms with E-state index in [4.69, 9.17) is 4.74 Å². The summed E-state index contributed by atoms with van der Waals surface area (Å²) in [4.78, 5) is 23.5. The summed E-state index contributed by atoms with van der Waals surface area (Å²) in [5.74, 6) is -0.637. The zero-order chi connectivity index (χ0) is 16.5. The summed E-state index contributed by atoms with van der Waals surface area (Å²) in [5.41, 5.74) is 7.36. The van der Waals surface area contributed by atoms with E-state index in [-0.39, 0.29) is 18.2 Å². The van der Waals surface area contributed by atoms with Gasteiger partial charge in [-0.3, -0.25) is 20.4 Å². The number of amides is 2. The largest absolute Gasteiger partial charge is 0.381 e.